The number of nitrogens with zero attached hydrogens (tertiary/aromatic N) is 1. The van der Waals surface area contributed by atoms with Gasteiger partial charge in [0.15, 0.2) is 0 Å². The molecule has 1 N–H and O–H groups in total. The normalized spacial score (nSPS) is 24.7. The summed E-state index contributed by atoms with van der Waals surface area (Å²) in [6.07, 6.45) is 4.21. The van der Waals surface area contributed by atoms with Crippen molar-refractivity contribution in [2.75, 3.05) is 6.54 Å². The van der Waals surface area contributed by atoms with E-state index in [4.69, 9.17) is 4.74 Å². The van der Waals surface area contributed by atoms with E-state index in [1.54, 1.807) is 0 Å². The Hall–Kier alpha value is -2.37. The maximum atomic E-state index is 12.9. The smallest absolute Gasteiger partial charge is 0.326 e. The molecule has 0 unspecified atom stereocenters. The number of esters is 1. The number of ether oxygens (including phenoxy) is 1. The largest absolute Gasteiger partial charge is 0.459 e. The lowest BCUT2D eigenvalue weighted by molar-refractivity contribution is -0.149. The third-order valence-electron chi connectivity index (χ3n) is 6.29. The zero-order valence-corrected chi connectivity index (χ0v) is 17.9. The summed E-state index contributed by atoms with van der Waals surface area (Å²) in [5.41, 5.74) is 1.31. The third-order valence-corrected chi connectivity index (χ3v) is 6.29. The van der Waals surface area contributed by atoms with Crippen LogP contribution in [0.15, 0.2) is 24.3 Å². The Balaban J connectivity index is 1.54. The van der Waals surface area contributed by atoms with E-state index in [0.717, 1.165) is 29.7 Å². The van der Waals surface area contributed by atoms with Gasteiger partial charge in [-0.3, -0.25) is 14.5 Å². The average molecular weight is 401 g/mol. The van der Waals surface area contributed by atoms with Crippen LogP contribution in [0.25, 0.3) is 0 Å². The number of amides is 3. The summed E-state index contributed by atoms with van der Waals surface area (Å²) in [4.78, 5) is 38.5. The molecule has 29 heavy (non-hydrogen) atoms. The summed E-state index contributed by atoms with van der Waals surface area (Å²) >= 11 is 0. The number of carbonyl (C=O) groups excluding carboxylic acids is 3. The van der Waals surface area contributed by atoms with Crippen LogP contribution in [0.2, 0.25) is 0 Å². The molecule has 6 heteroatoms. The Bertz CT molecular complexity index is 771. The van der Waals surface area contributed by atoms with Gasteiger partial charge in [0.1, 0.15) is 18.7 Å². The van der Waals surface area contributed by atoms with Gasteiger partial charge >= 0.3 is 12.0 Å². The quantitative estimate of drug-likeness (QED) is 0.600. The Morgan fingerprint density at radius 2 is 1.79 bits per heavy atom. The van der Waals surface area contributed by atoms with Gasteiger partial charge < -0.3 is 10.1 Å². The monoisotopic (exact) mass is 400 g/mol. The second-order valence-corrected chi connectivity index (χ2v) is 9.36. The summed E-state index contributed by atoms with van der Waals surface area (Å²) in [6, 6.07) is 7.43. The molecular formula is C23H32N2O4. The highest BCUT2D eigenvalue weighted by molar-refractivity contribution is 6.08. The second-order valence-electron chi connectivity index (χ2n) is 9.36. The molecule has 1 spiro atoms. The Kier molecular flexibility index (Phi) is 6.01. The molecule has 2 aliphatic rings. The number of rotatable bonds is 5. The lowest BCUT2D eigenvalue weighted by Gasteiger charge is -2.34. The molecule has 0 bridgehead atoms. The van der Waals surface area contributed by atoms with Gasteiger partial charge in [0.05, 0.1) is 0 Å². The van der Waals surface area contributed by atoms with Crippen LogP contribution in [0.1, 0.15) is 70.9 Å². The van der Waals surface area contributed by atoms with Gasteiger partial charge in [0, 0.05) is 0 Å². The third kappa shape index (κ3) is 4.62. The maximum Gasteiger partial charge on any atom is 0.326 e. The first-order valence-electron chi connectivity index (χ1n) is 10.5. The number of hydrogen-bond donors (Lipinski definition) is 1. The van der Waals surface area contributed by atoms with Crippen molar-refractivity contribution < 1.29 is 19.1 Å². The van der Waals surface area contributed by atoms with Crippen LogP contribution in [-0.4, -0.2) is 34.9 Å². The molecule has 158 valence electrons. The van der Waals surface area contributed by atoms with E-state index in [2.05, 4.69) is 33.0 Å². The molecule has 0 atom stereocenters. The zero-order valence-electron chi connectivity index (χ0n) is 17.9. The molecule has 1 aromatic carbocycles. The molecule has 1 saturated carbocycles. The van der Waals surface area contributed by atoms with Gasteiger partial charge in [-0.1, -0.05) is 58.4 Å². The van der Waals surface area contributed by atoms with E-state index in [1.165, 1.54) is 5.56 Å². The minimum absolute atomic E-state index is 0.0604. The van der Waals surface area contributed by atoms with Crippen molar-refractivity contribution in [1.82, 2.24) is 10.2 Å². The summed E-state index contributed by atoms with van der Waals surface area (Å²) in [5, 5.41) is 2.84. The van der Waals surface area contributed by atoms with E-state index >= 15 is 0 Å². The first kappa shape index (κ1) is 21.3. The molecule has 6 nitrogen and oxygen atoms in total. The average Bonchev–Trinajstić information content (AvgIpc) is 2.91. The number of benzene rings is 1. The van der Waals surface area contributed by atoms with E-state index < -0.39 is 17.5 Å². The van der Waals surface area contributed by atoms with Gasteiger partial charge in [0.2, 0.25) is 0 Å². The lowest BCUT2D eigenvalue weighted by atomic mass is 9.75. The number of hydrogen-bond acceptors (Lipinski definition) is 4. The van der Waals surface area contributed by atoms with Crippen molar-refractivity contribution in [2.45, 2.75) is 77.4 Å². The fourth-order valence-corrected chi connectivity index (χ4v) is 4.18. The van der Waals surface area contributed by atoms with Crippen LogP contribution in [0, 0.1) is 5.92 Å². The Morgan fingerprint density at radius 3 is 2.34 bits per heavy atom. The molecule has 3 rings (SSSR count). The molecule has 2 fully saturated rings. The maximum absolute atomic E-state index is 12.9. The molecule has 1 aliphatic carbocycles. The van der Waals surface area contributed by atoms with Gasteiger partial charge in [-0.05, 0) is 48.1 Å². The van der Waals surface area contributed by atoms with Crippen LogP contribution in [0.3, 0.4) is 0 Å². The van der Waals surface area contributed by atoms with E-state index in [0.29, 0.717) is 18.8 Å². The Morgan fingerprint density at radius 1 is 1.17 bits per heavy atom. The summed E-state index contributed by atoms with van der Waals surface area (Å²) < 4.78 is 5.31. The number of nitrogens with one attached hydrogen (secondary N) is 1. The minimum atomic E-state index is -0.828. The van der Waals surface area contributed by atoms with Gasteiger partial charge in [-0.25, -0.2) is 4.79 Å². The van der Waals surface area contributed by atoms with Crippen LogP contribution in [0.4, 0.5) is 4.79 Å². The number of imide groups is 1. The van der Waals surface area contributed by atoms with E-state index in [9.17, 15) is 14.4 Å². The number of urea groups is 1. The highest BCUT2D eigenvalue weighted by Gasteiger charge is 2.52. The predicted molar refractivity (Wildman–Crippen MR) is 110 cm³/mol. The summed E-state index contributed by atoms with van der Waals surface area (Å²) in [5.74, 6) is -0.259. The molecular weight excluding hydrogens is 368 g/mol. The fourth-order valence-electron chi connectivity index (χ4n) is 4.18. The van der Waals surface area contributed by atoms with Crippen molar-refractivity contribution in [2.24, 2.45) is 5.92 Å². The number of carbonyl (C=O) groups is 3. The van der Waals surface area contributed by atoms with E-state index in [1.807, 2.05) is 24.3 Å². The Labute approximate surface area is 173 Å². The highest BCUT2D eigenvalue weighted by atomic mass is 16.5. The molecule has 1 saturated heterocycles. The van der Waals surface area contributed by atoms with E-state index in [-0.39, 0.29) is 24.5 Å². The zero-order chi connectivity index (χ0) is 21.2. The van der Waals surface area contributed by atoms with Crippen molar-refractivity contribution in [1.29, 1.82) is 0 Å². The minimum Gasteiger partial charge on any atom is -0.459 e. The SMILES string of the molecule is CCC1CCC2(CC1)NC(=O)N(CC(=O)OCc1ccc(C(C)(C)C)cc1)C2=O. The predicted octanol–water partition coefficient (Wildman–Crippen LogP) is 3.92. The van der Waals surface area contributed by atoms with Crippen LogP contribution >= 0.6 is 0 Å². The first-order valence-corrected chi connectivity index (χ1v) is 10.5. The van der Waals surface area contributed by atoms with Crippen molar-refractivity contribution in [3.63, 3.8) is 0 Å². The lowest BCUT2D eigenvalue weighted by Crippen LogP contribution is -2.49. The second kappa shape index (κ2) is 8.17. The van der Waals surface area contributed by atoms with Crippen LogP contribution < -0.4 is 5.32 Å². The van der Waals surface area contributed by atoms with Crippen LogP contribution in [-0.2, 0) is 26.3 Å². The molecule has 0 radical (unpaired) electrons. The fraction of sp³-hybridized carbons (Fsp3) is 0.609. The van der Waals surface area contributed by atoms with Gasteiger partial charge in [-0.15, -0.1) is 0 Å². The van der Waals surface area contributed by atoms with Crippen LogP contribution in [0.5, 0.6) is 0 Å². The molecule has 1 heterocycles. The van der Waals surface area contributed by atoms with Crippen molar-refractivity contribution in [3.05, 3.63) is 35.4 Å². The molecule has 1 aromatic rings. The van der Waals surface area contributed by atoms with Crippen molar-refractivity contribution >= 4 is 17.9 Å². The molecule has 1 aliphatic heterocycles. The van der Waals surface area contributed by atoms with Crippen molar-refractivity contribution in [3.8, 4) is 0 Å². The topological polar surface area (TPSA) is 75.7 Å². The molecule has 3 amide bonds. The first-order chi connectivity index (χ1) is 13.6. The molecule has 0 aromatic heterocycles. The van der Waals surface area contributed by atoms with Gasteiger partial charge in [0.25, 0.3) is 5.91 Å². The highest BCUT2D eigenvalue weighted by Crippen LogP contribution is 2.37. The standard InChI is InChI=1S/C23H32N2O4/c1-5-16-10-12-23(13-11-16)20(27)25(21(28)24-23)14-19(26)29-15-17-6-8-18(9-7-17)22(2,3)4/h6-9,16H,5,10-15H2,1-4H3,(H,24,28). The summed E-state index contributed by atoms with van der Waals surface area (Å²) in [7, 11) is 0. The van der Waals surface area contributed by atoms with Gasteiger partial charge in [-0.2, -0.15) is 0 Å². The summed E-state index contributed by atoms with van der Waals surface area (Å²) in [6.45, 7) is 8.35.